The first kappa shape index (κ1) is 34.1. The minimum Gasteiger partial charge on any atom is -0.457 e. The van der Waals surface area contributed by atoms with E-state index in [1.165, 1.54) is 55.6 Å². The van der Waals surface area contributed by atoms with Crippen LogP contribution >= 0.6 is 0 Å². The molecule has 0 fully saturated rings. The van der Waals surface area contributed by atoms with Crippen LogP contribution in [0.5, 0.6) is 11.5 Å². The van der Waals surface area contributed by atoms with Crippen molar-refractivity contribution in [3.8, 4) is 44.9 Å². The van der Waals surface area contributed by atoms with Gasteiger partial charge in [0.1, 0.15) is 17.7 Å². The summed E-state index contributed by atoms with van der Waals surface area (Å²) in [5, 5.41) is 3.90. The fourth-order valence-electron chi connectivity index (χ4n) is 9.56. The lowest BCUT2D eigenvalue weighted by Crippen LogP contribution is -2.32. The number of para-hydroxylation sites is 2. The molecule has 1 aliphatic carbocycles. The third kappa shape index (κ3) is 5.31. The predicted molar refractivity (Wildman–Crippen MR) is 237 cm³/mol. The SMILES string of the molecule is CCC1=C(c2cccc(-c3ccc4c(c3)C3(c5ccccc5Oc5ccccc53)c3ccccc3-4)c2)NC(c2ccccc2)N=C1c1ccc(-c2ccccc2)cc1. The van der Waals surface area contributed by atoms with Crippen molar-refractivity contribution in [2.45, 2.75) is 24.9 Å². The fourth-order valence-corrected chi connectivity index (χ4v) is 9.56. The number of ether oxygens (including phenoxy) is 1. The predicted octanol–water partition coefficient (Wildman–Crippen LogP) is 13.4. The van der Waals surface area contributed by atoms with Crippen molar-refractivity contribution in [3.63, 3.8) is 0 Å². The molecule has 2 heterocycles. The second kappa shape index (κ2) is 13.8. The number of benzene rings is 8. The van der Waals surface area contributed by atoms with Gasteiger partial charge in [-0.25, -0.2) is 0 Å². The smallest absolute Gasteiger partial charge is 0.145 e. The van der Waals surface area contributed by atoms with Gasteiger partial charge in [0.25, 0.3) is 0 Å². The van der Waals surface area contributed by atoms with E-state index in [1.54, 1.807) is 0 Å². The Kier molecular flexibility index (Phi) is 8.08. The second-order valence-electron chi connectivity index (χ2n) is 15.3. The minimum atomic E-state index is -0.516. The third-order valence-corrected chi connectivity index (χ3v) is 12.2. The van der Waals surface area contributed by atoms with E-state index in [-0.39, 0.29) is 6.17 Å². The number of hydrogen-bond donors (Lipinski definition) is 1. The lowest BCUT2D eigenvalue weighted by atomic mass is 9.66. The Hall–Kier alpha value is -7.23. The molecule has 0 amide bonds. The summed E-state index contributed by atoms with van der Waals surface area (Å²) < 4.78 is 6.60. The molecule has 8 aromatic carbocycles. The van der Waals surface area contributed by atoms with Gasteiger partial charge in [0.2, 0.25) is 0 Å². The molecule has 1 spiro atoms. The van der Waals surface area contributed by atoms with Crippen molar-refractivity contribution in [1.29, 1.82) is 0 Å². The van der Waals surface area contributed by atoms with Crippen LogP contribution in [-0.2, 0) is 5.41 Å². The van der Waals surface area contributed by atoms with Crippen molar-refractivity contribution >= 4 is 11.4 Å². The van der Waals surface area contributed by atoms with Gasteiger partial charge in [-0.05, 0) is 86.3 Å². The number of rotatable bonds is 6. The van der Waals surface area contributed by atoms with Crippen LogP contribution < -0.4 is 10.1 Å². The zero-order valence-corrected chi connectivity index (χ0v) is 32.2. The summed E-state index contributed by atoms with van der Waals surface area (Å²) >= 11 is 0. The zero-order chi connectivity index (χ0) is 38.6. The van der Waals surface area contributed by atoms with E-state index in [4.69, 9.17) is 9.73 Å². The van der Waals surface area contributed by atoms with Gasteiger partial charge >= 0.3 is 0 Å². The summed E-state index contributed by atoms with van der Waals surface area (Å²) in [5.41, 5.74) is 18.4. The molecule has 3 heteroatoms. The van der Waals surface area contributed by atoms with Crippen LogP contribution in [0.3, 0.4) is 0 Å². The maximum Gasteiger partial charge on any atom is 0.145 e. The van der Waals surface area contributed by atoms with Gasteiger partial charge in [-0.1, -0.05) is 183 Å². The molecular weight excluding hydrogens is 705 g/mol. The van der Waals surface area contributed by atoms with Crippen LogP contribution in [0.25, 0.3) is 39.1 Å². The first-order valence-corrected chi connectivity index (χ1v) is 20.2. The third-order valence-electron chi connectivity index (χ3n) is 12.2. The van der Waals surface area contributed by atoms with E-state index < -0.39 is 5.41 Å². The van der Waals surface area contributed by atoms with Crippen LogP contribution in [0.2, 0.25) is 0 Å². The number of aliphatic imine (C=N–C) groups is 1. The van der Waals surface area contributed by atoms with Crippen molar-refractivity contribution in [1.82, 2.24) is 5.32 Å². The molecule has 276 valence electrons. The van der Waals surface area contributed by atoms with Gasteiger partial charge in [-0.15, -0.1) is 0 Å². The first-order chi connectivity index (χ1) is 28.7. The van der Waals surface area contributed by atoms with Gasteiger partial charge in [-0.2, -0.15) is 0 Å². The molecule has 2 aliphatic heterocycles. The molecule has 58 heavy (non-hydrogen) atoms. The summed E-state index contributed by atoms with van der Waals surface area (Å²) in [6.45, 7) is 2.23. The standard InChI is InChI=1S/C55H40N2O/c1-2-43-52(38-30-28-37(29-31-38)36-16-5-3-6-17-36)56-54(39-18-7-4-8-19-39)57-53(43)42-21-15-20-40(34-42)41-32-33-45-44-22-9-10-23-46(44)55(49(45)35-41)47-24-11-13-26-50(47)58-51-27-14-12-25-48(51)55/h3-35,54,57H,2H2,1H3. The van der Waals surface area contributed by atoms with Crippen molar-refractivity contribution in [2.75, 3.05) is 0 Å². The van der Waals surface area contributed by atoms with Gasteiger partial charge < -0.3 is 10.1 Å². The fraction of sp³-hybridized carbons (Fsp3) is 0.0727. The molecule has 8 aromatic rings. The zero-order valence-electron chi connectivity index (χ0n) is 32.2. The van der Waals surface area contributed by atoms with Gasteiger partial charge in [0, 0.05) is 28.0 Å². The quantitative estimate of drug-likeness (QED) is 0.184. The highest BCUT2D eigenvalue weighted by atomic mass is 16.5. The monoisotopic (exact) mass is 744 g/mol. The van der Waals surface area contributed by atoms with E-state index >= 15 is 0 Å². The highest BCUT2D eigenvalue weighted by Gasteiger charge is 2.51. The molecule has 3 aliphatic rings. The number of allylic oxidation sites excluding steroid dienone is 1. The summed E-state index contributed by atoms with van der Waals surface area (Å²) in [7, 11) is 0. The van der Waals surface area contributed by atoms with E-state index in [1.807, 2.05) is 0 Å². The molecule has 1 atom stereocenters. The Labute approximate surface area is 339 Å². The van der Waals surface area contributed by atoms with Gasteiger partial charge in [0.15, 0.2) is 0 Å². The lowest BCUT2D eigenvalue weighted by molar-refractivity contribution is 0.436. The minimum absolute atomic E-state index is 0.231. The lowest BCUT2D eigenvalue weighted by Gasteiger charge is -2.39. The highest BCUT2D eigenvalue weighted by Crippen LogP contribution is 2.62. The first-order valence-electron chi connectivity index (χ1n) is 20.2. The van der Waals surface area contributed by atoms with E-state index in [0.717, 1.165) is 51.6 Å². The topological polar surface area (TPSA) is 33.6 Å². The van der Waals surface area contributed by atoms with Gasteiger partial charge in [0.05, 0.1) is 11.1 Å². The second-order valence-corrected chi connectivity index (χ2v) is 15.3. The summed E-state index contributed by atoms with van der Waals surface area (Å²) in [4.78, 5) is 5.41. The van der Waals surface area contributed by atoms with Gasteiger partial charge in [-0.3, -0.25) is 4.99 Å². The van der Waals surface area contributed by atoms with Crippen molar-refractivity contribution in [2.24, 2.45) is 4.99 Å². The van der Waals surface area contributed by atoms with E-state index in [0.29, 0.717) is 0 Å². The number of hydrogen-bond acceptors (Lipinski definition) is 3. The molecule has 0 saturated carbocycles. The van der Waals surface area contributed by atoms with Crippen LogP contribution in [0.15, 0.2) is 211 Å². The Morgan fingerprint density at radius 1 is 0.466 bits per heavy atom. The summed E-state index contributed by atoms with van der Waals surface area (Å²) in [5.74, 6) is 1.80. The molecule has 11 rings (SSSR count). The molecular formula is C55H40N2O. The Morgan fingerprint density at radius 3 is 1.72 bits per heavy atom. The van der Waals surface area contributed by atoms with E-state index in [2.05, 4.69) is 212 Å². The summed E-state index contributed by atoms with van der Waals surface area (Å²) in [6.07, 6.45) is 0.597. The Morgan fingerprint density at radius 2 is 1.00 bits per heavy atom. The highest BCUT2D eigenvalue weighted by molar-refractivity contribution is 6.17. The maximum absolute atomic E-state index is 6.60. The van der Waals surface area contributed by atoms with E-state index in [9.17, 15) is 0 Å². The largest absolute Gasteiger partial charge is 0.457 e. The Bertz CT molecular complexity index is 2880. The Balaban J connectivity index is 1.05. The van der Waals surface area contributed by atoms with Crippen LogP contribution in [0, 0.1) is 0 Å². The number of nitrogens with zero attached hydrogens (tertiary/aromatic N) is 1. The van der Waals surface area contributed by atoms with Crippen LogP contribution in [0.1, 0.15) is 58.5 Å². The molecule has 0 bridgehead atoms. The molecule has 0 aromatic heterocycles. The normalized spacial score (nSPS) is 15.7. The van der Waals surface area contributed by atoms with Crippen LogP contribution in [-0.4, -0.2) is 5.71 Å². The molecule has 1 N–H and O–H groups in total. The number of fused-ring (bicyclic) bond motifs is 9. The van der Waals surface area contributed by atoms with Crippen LogP contribution in [0.4, 0.5) is 0 Å². The van der Waals surface area contributed by atoms with Crippen molar-refractivity contribution in [3.05, 3.63) is 245 Å². The molecule has 3 nitrogen and oxygen atoms in total. The molecule has 0 saturated heterocycles. The average Bonchev–Trinajstić information content (AvgIpc) is 3.59. The maximum atomic E-state index is 6.60. The average molecular weight is 745 g/mol. The molecule has 1 unspecified atom stereocenters. The summed E-state index contributed by atoms with van der Waals surface area (Å²) in [6, 6.07) is 72.1. The molecule has 0 radical (unpaired) electrons. The van der Waals surface area contributed by atoms with Crippen molar-refractivity contribution < 1.29 is 4.74 Å². The number of nitrogens with one attached hydrogen (secondary N) is 1.